The summed E-state index contributed by atoms with van der Waals surface area (Å²) in [6, 6.07) is 7.08. The molecule has 1 amide bonds. The van der Waals surface area contributed by atoms with E-state index in [9.17, 15) is 13.2 Å². The van der Waals surface area contributed by atoms with Crippen LogP contribution in [0.5, 0.6) is 0 Å². The van der Waals surface area contributed by atoms with E-state index in [-0.39, 0.29) is 12.3 Å². The lowest BCUT2D eigenvalue weighted by molar-refractivity contribution is -0.120. The van der Waals surface area contributed by atoms with Crippen molar-refractivity contribution in [3.05, 3.63) is 59.1 Å². The lowest BCUT2D eigenvalue weighted by atomic mass is 10.2. The molecule has 0 aliphatic carbocycles. The lowest BCUT2D eigenvalue weighted by Gasteiger charge is -2.13. The third-order valence-corrected chi connectivity index (χ3v) is 8.45. The number of nitrogens with one attached hydrogen (secondary N) is 1. The molecule has 3 aromatic rings. The van der Waals surface area contributed by atoms with Gasteiger partial charge < -0.3 is 5.32 Å². The van der Waals surface area contributed by atoms with E-state index < -0.39 is 10.0 Å². The van der Waals surface area contributed by atoms with Crippen LogP contribution < -0.4 is 5.32 Å². The van der Waals surface area contributed by atoms with Crippen LogP contribution in [0, 0.1) is 6.92 Å². The van der Waals surface area contributed by atoms with Crippen molar-refractivity contribution in [1.29, 1.82) is 0 Å². The normalized spacial score (nSPS) is 14.8. The minimum absolute atomic E-state index is 0.152. The van der Waals surface area contributed by atoms with Crippen LogP contribution in [0.2, 0.25) is 0 Å². The van der Waals surface area contributed by atoms with E-state index in [0.29, 0.717) is 23.8 Å². The van der Waals surface area contributed by atoms with Gasteiger partial charge in [-0.3, -0.25) is 9.36 Å². The van der Waals surface area contributed by atoms with Crippen molar-refractivity contribution in [1.82, 2.24) is 24.2 Å². The summed E-state index contributed by atoms with van der Waals surface area (Å²) in [5.74, 6) is 1.42. The quantitative estimate of drug-likeness (QED) is 0.602. The molecule has 0 atom stereocenters. The second-order valence-corrected chi connectivity index (χ2v) is 10.5. The number of amides is 1. The molecular formula is C20H23N5O3S2. The number of imidazole rings is 1. The molecule has 3 aromatic heterocycles. The highest BCUT2D eigenvalue weighted by Crippen LogP contribution is 2.27. The number of pyridine rings is 1. The Morgan fingerprint density at radius 3 is 2.70 bits per heavy atom. The van der Waals surface area contributed by atoms with Crippen molar-refractivity contribution >= 4 is 27.3 Å². The molecule has 4 heterocycles. The topological polar surface area (TPSA) is 97.2 Å². The second-order valence-electron chi connectivity index (χ2n) is 7.15. The molecule has 1 fully saturated rings. The minimum Gasteiger partial charge on any atom is -0.352 e. The number of hydrogen-bond acceptors (Lipinski definition) is 6. The van der Waals surface area contributed by atoms with E-state index in [2.05, 4.69) is 15.3 Å². The lowest BCUT2D eigenvalue weighted by Crippen LogP contribution is -2.27. The number of thiophene rings is 1. The number of hydrogen-bond donors (Lipinski definition) is 1. The first-order chi connectivity index (χ1) is 14.4. The van der Waals surface area contributed by atoms with Gasteiger partial charge in [0.05, 0.1) is 6.42 Å². The van der Waals surface area contributed by atoms with Crippen molar-refractivity contribution < 1.29 is 13.2 Å². The van der Waals surface area contributed by atoms with Crippen molar-refractivity contribution in [3.8, 4) is 5.82 Å². The van der Waals surface area contributed by atoms with Crippen molar-refractivity contribution in [2.75, 3.05) is 13.1 Å². The Hall–Kier alpha value is -2.56. The van der Waals surface area contributed by atoms with Gasteiger partial charge in [-0.2, -0.15) is 4.31 Å². The van der Waals surface area contributed by atoms with Gasteiger partial charge in [-0.05, 0) is 49.6 Å². The van der Waals surface area contributed by atoms with E-state index in [0.717, 1.165) is 34.9 Å². The number of aromatic nitrogens is 3. The Bertz CT molecular complexity index is 1150. The molecule has 0 spiro atoms. The maximum Gasteiger partial charge on any atom is 0.252 e. The van der Waals surface area contributed by atoms with E-state index >= 15 is 0 Å². The van der Waals surface area contributed by atoms with E-state index in [1.807, 2.05) is 29.8 Å². The molecule has 0 saturated carbocycles. The average Bonchev–Trinajstić information content (AvgIpc) is 3.48. The standard InChI is InChI=1S/C20H23N5O3S2/c1-15-21-8-11-25(15)18-12-16(6-7-22-18)14-23-19(26)13-17-4-5-20(29-17)30(27,28)24-9-2-3-10-24/h4-8,11-12H,2-3,9-10,13-14H2,1H3,(H,23,26). The predicted molar refractivity (Wildman–Crippen MR) is 114 cm³/mol. The van der Waals surface area contributed by atoms with Crippen LogP contribution in [-0.4, -0.2) is 46.3 Å². The van der Waals surface area contributed by atoms with Gasteiger partial charge in [0.1, 0.15) is 15.9 Å². The predicted octanol–water partition coefficient (Wildman–Crippen LogP) is 2.28. The van der Waals surface area contributed by atoms with Crippen LogP contribution in [0.1, 0.15) is 29.1 Å². The van der Waals surface area contributed by atoms with Gasteiger partial charge in [0.25, 0.3) is 10.0 Å². The molecule has 30 heavy (non-hydrogen) atoms. The number of rotatable bonds is 7. The first kappa shape index (κ1) is 20.7. The van der Waals surface area contributed by atoms with Gasteiger partial charge in [0.15, 0.2) is 0 Å². The number of carbonyl (C=O) groups excluding carboxylic acids is 1. The molecule has 0 bridgehead atoms. The third kappa shape index (κ3) is 4.45. The smallest absolute Gasteiger partial charge is 0.252 e. The second kappa shape index (κ2) is 8.66. The van der Waals surface area contributed by atoms with Crippen molar-refractivity contribution in [3.63, 3.8) is 0 Å². The first-order valence-corrected chi connectivity index (χ1v) is 12.0. The molecular weight excluding hydrogens is 422 g/mol. The zero-order valence-corrected chi connectivity index (χ0v) is 18.2. The molecule has 1 aliphatic rings. The Labute approximate surface area is 179 Å². The Morgan fingerprint density at radius 2 is 1.97 bits per heavy atom. The summed E-state index contributed by atoms with van der Waals surface area (Å²) >= 11 is 1.17. The number of carbonyl (C=O) groups is 1. The molecule has 158 valence electrons. The highest BCUT2D eigenvalue weighted by molar-refractivity contribution is 7.91. The molecule has 1 N–H and O–H groups in total. The summed E-state index contributed by atoms with van der Waals surface area (Å²) in [4.78, 5) is 21.6. The summed E-state index contributed by atoms with van der Waals surface area (Å²) < 4.78 is 28.9. The van der Waals surface area contributed by atoms with Gasteiger partial charge in [0.2, 0.25) is 5.91 Å². The zero-order chi connectivity index (χ0) is 21.1. The summed E-state index contributed by atoms with van der Waals surface area (Å²) in [6.07, 6.45) is 7.20. The molecule has 4 rings (SSSR count). The van der Waals surface area contributed by atoms with Gasteiger partial charge in [0, 0.05) is 43.1 Å². The molecule has 8 nitrogen and oxygen atoms in total. The highest BCUT2D eigenvalue weighted by atomic mass is 32.2. The number of sulfonamides is 1. The molecule has 1 aliphatic heterocycles. The summed E-state index contributed by atoms with van der Waals surface area (Å²) in [5, 5.41) is 2.89. The summed E-state index contributed by atoms with van der Waals surface area (Å²) in [6.45, 7) is 3.41. The van der Waals surface area contributed by atoms with Crippen molar-refractivity contribution in [2.45, 2.75) is 36.9 Å². The monoisotopic (exact) mass is 445 g/mol. The van der Waals surface area contributed by atoms with Gasteiger partial charge in [-0.25, -0.2) is 18.4 Å². The van der Waals surface area contributed by atoms with Crippen molar-refractivity contribution in [2.24, 2.45) is 0 Å². The van der Waals surface area contributed by atoms with E-state index in [4.69, 9.17) is 0 Å². The third-order valence-electron chi connectivity index (χ3n) is 5.00. The fourth-order valence-corrected chi connectivity index (χ4v) is 6.42. The maximum atomic E-state index is 12.6. The van der Waals surface area contributed by atoms with Crippen LogP contribution in [0.3, 0.4) is 0 Å². The molecule has 1 saturated heterocycles. The van der Waals surface area contributed by atoms with Crippen LogP contribution in [0.25, 0.3) is 5.82 Å². The van der Waals surface area contributed by atoms with E-state index in [1.165, 1.54) is 15.6 Å². The molecule has 0 aromatic carbocycles. The Kier molecular flexibility index (Phi) is 5.98. The van der Waals surface area contributed by atoms with Gasteiger partial charge in [-0.15, -0.1) is 11.3 Å². The highest BCUT2D eigenvalue weighted by Gasteiger charge is 2.28. The molecule has 0 radical (unpaired) electrons. The minimum atomic E-state index is -3.43. The number of aryl methyl sites for hydroxylation is 1. The molecule has 10 heteroatoms. The average molecular weight is 446 g/mol. The zero-order valence-electron chi connectivity index (χ0n) is 16.6. The fraction of sp³-hybridized carbons (Fsp3) is 0.350. The number of nitrogens with zero attached hydrogens (tertiary/aromatic N) is 4. The van der Waals surface area contributed by atoms with Crippen LogP contribution in [0.15, 0.2) is 47.1 Å². The Morgan fingerprint density at radius 1 is 1.17 bits per heavy atom. The maximum absolute atomic E-state index is 12.6. The molecule has 0 unspecified atom stereocenters. The van der Waals surface area contributed by atoms with Gasteiger partial charge >= 0.3 is 0 Å². The van der Waals surface area contributed by atoms with Crippen LogP contribution >= 0.6 is 11.3 Å². The van der Waals surface area contributed by atoms with Crippen LogP contribution in [-0.2, 0) is 27.8 Å². The summed E-state index contributed by atoms with van der Waals surface area (Å²) in [7, 11) is -3.43. The first-order valence-electron chi connectivity index (χ1n) is 9.74. The summed E-state index contributed by atoms with van der Waals surface area (Å²) in [5.41, 5.74) is 0.921. The van der Waals surface area contributed by atoms with Gasteiger partial charge in [-0.1, -0.05) is 0 Å². The largest absolute Gasteiger partial charge is 0.352 e. The Balaban J connectivity index is 1.36. The SMILES string of the molecule is Cc1nccn1-c1cc(CNC(=O)Cc2ccc(S(=O)(=O)N3CCCC3)s2)ccn1. The van der Waals surface area contributed by atoms with Crippen LogP contribution in [0.4, 0.5) is 0 Å². The fourth-order valence-electron chi connectivity index (χ4n) is 3.39. The van der Waals surface area contributed by atoms with E-state index in [1.54, 1.807) is 24.5 Å².